The van der Waals surface area contributed by atoms with E-state index in [1.165, 1.54) is 0 Å². The van der Waals surface area contributed by atoms with E-state index in [0.717, 1.165) is 14.3 Å². The highest BCUT2D eigenvalue weighted by Gasteiger charge is 2.11. The highest BCUT2D eigenvalue weighted by Crippen LogP contribution is 2.17. The van der Waals surface area contributed by atoms with Gasteiger partial charge < -0.3 is 4.57 Å². The van der Waals surface area contributed by atoms with Gasteiger partial charge in [-0.15, -0.1) is 11.3 Å². The maximum absolute atomic E-state index is 11.8. The molecule has 0 unspecified atom stereocenters. The average Bonchev–Trinajstić information content (AvgIpc) is 2.77. The van der Waals surface area contributed by atoms with Crippen LogP contribution in [0.2, 0.25) is 0 Å². The number of halogens is 1. The minimum Gasteiger partial charge on any atom is -0.338 e. The number of rotatable bonds is 3. The number of hydrogen-bond acceptors (Lipinski definition) is 3. The third-order valence-electron chi connectivity index (χ3n) is 2.13. The Morgan fingerprint density at radius 2 is 2.47 bits per heavy atom. The molecular formula is C10H9IN2OS. The van der Waals surface area contributed by atoms with Gasteiger partial charge >= 0.3 is 0 Å². The molecule has 5 heteroatoms. The molecule has 2 aromatic heterocycles. The van der Waals surface area contributed by atoms with E-state index in [2.05, 4.69) is 27.6 Å². The number of aromatic nitrogens is 2. The van der Waals surface area contributed by atoms with E-state index in [9.17, 15) is 4.79 Å². The van der Waals surface area contributed by atoms with Crippen molar-refractivity contribution in [3.05, 3.63) is 38.1 Å². The average molecular weight is 332 g/mol. The van der Waals surface area contributed by atoms with Gasteiger partial charge in [-0.1, -0.05) is 0 Å². The number of imidazole rings is 1. The highest BCUT2D eigenvalue weighted by molar-refractivity contribution is 14.1. The standard InChI is InChI=1S/C10H9IN2OS/c1-13-3-2-12-10(13)5-8(14)7-4-9(11)15-6-7/h2-4,6H,5H2,1H3. The third-order valence-corrected chi connectivity index (χ3v) is 3.92. The molecule has 0 spiro atoms. The maximum Gasteiger partial charge on any atom is 0.171 e. The molecule has 0 aromatic carbocycles. The van der Waals surface area contributed by atoms with Crippen LogP contribution in [0.3, 0.4) is 0 Å². The van der Waals surface area contributed by atoms with E-state index in [4.69, 9.17) is 0 Å². The molecule has 0 amide bonds. The normalized spacial score (nSPS) is 10.5. The first-order valence-electron chi connectivity index (χ1n) is 4.40. The Morgan fingerprint density at radius 3 is 3.00 bits per heavy atom. The van der Waals surface area contributed by atoms with Crippen LogP contribution in [0, 0.1) is 2.88 Å². The largest absolute Gasteiger partial charge is 0.338 e. The van der Waals surface area contributed by atoms with Gasteiger partial charge in [0.05, 0.1) is 9.30 Å². The van der Waals surface area contributed by atoms with Crippen molar-refractivity contribution in [3.63, 3.8) is 0 Å². The summed E-state index contributed by atoms with van der Waals surface area (Å²) in [6.07, 6.45) is 3.93. The fourth-order valence-electron chi connectivity index (χ4n) is 1.27. The predicted octanol–water partition coefficient (Wildman–Crippen LogP) is 2.51. The molecule has 0 aliphatic rings. The Hall–Kier alpha value is -0.690. The quantitative estimate of drug-likeness (QED) is 0.639. The first-order chi connectivity index (χ1) is 7.16. The van der Waals surface area contributed by atoms with Gasteiger partial charge in [-0.3, -0.25) is 4.79 Å². The van der Waals surface area contributed by atoms with Crippen LogP contribution in [-0.2, 0) is 13.5 Å². The summed E-state index contributed by atoms with van der Waals surface area (Å²) in [5.41, 5.74) is 0.785. The summed E-state index contributed by atoms with van der Waals surface area (Å²) in [7, 11) is 1.90. The van der Waals surface area contributed by atoms with Crippen molar-refractivity contribution in [2.24, 2.45) is 7.05 Å². The van der Waals surface area contributed by atoms with Gasteiger partial charge in [-0.2, -0.15) is 0 Å². The molecule has 3 nitrogen and oxygen atoms in total. The number of carbonyl (C=O) groups excluding carboxylic acids is 1. The molecule has 78 valence electrons. The van der Waals surface area contributed by atoms with Crippen molar-refractivity contribution < 1.29 is 4.79 Å². The van der Waals surface area contributed by atoms with Crippen molar-refractivity contribution in [2.75, 3.05) is 0 Å². The molecular weight excluding hydrogens is 323 g/mol. The Balaban J connectivity index is 2.14. The molecule has 0 radical (unpaired) electrons. The Bertz CT molecular complexity index is 489. The summed E-state index contributed by atoms with van der Waals surface area (Å²) in [6.45, 7) is 0. The summed E-state index contributed by atoms with van der Waals surface area (Å²) >= 11 is 3.80. The zero-order valence-corrected chi connectivity index (χ0v) is 11.1. The summed E-state index contributed by atoms with van der Waals surface area (Å²) < 4.78 is 3.01. The zero-order chi connectivity index (χ0) is 10.8. The summed E-state index contributed by atoms with van der Waals surface area (Å²) in [5.74, 6) is 0.935. The van der Waals surface area contributed by atoms with Crippen LogP contribution >= 0.6 is 33.9 Å². The minimum absolute atomic E-state index is 0.128. The molecule has 0 saturated heterocycles. The SMILES string of the molecule is Cn1ccnc1CC(=O)c1csc(I)c1. The number of hydrogen-bond donors (Lipinski definition) is 0. The van der Waals surface area contributed by atoms with Gasteiger partial charge in [-0.05, 0) is 28.7 Å². The van der Waals surface area contributed by atoms with Gasteiger partial charge in [0.25, 0.3) is 0 Å². The minimum atomic E-state index is 0.128. The smallest absolute Gasteiger partial charge is 0.171 e. The number of Topliss-reactive ketones (excluding diaryl/α,β-unsaturated/α-hetero) is 1. The Kier molecular flexibility index (Phi) is 3.20. The van der Waals surface area contributed by atoms with Crippen LogP contribution in [0.25, 0.3) is 0 Å². The van der Waals surface area contributed by atoms with Crippen LogP contribution in [0.1, 0.15) is 16.2 Å². The molecule has 0 saturated carbocycles. The second-order valence-corrected chi connectivity index (χ2v) is 6.00. The van der Waals surface area contributed by atoms with E-state index in [1.54, 1.807) is 17.5 Å². The van der Waals surface area contributed by atoms with E-state index in [0.29, 0.717) is 6.42 Å². The number of carbonyl (C=O) groups is 1. The van der Waals surface area contributed by atoms with Crippen LogP contribution in [0.5, 0.6) is 0 Å². The molecule has 2 heterocycles. The van der Waals surface area contributed by atoms with Crippen molar-refractivity contribution in [1.82, 2.24) is 9.55 Å². The van der Waals surface area contributed by atoms with E-state index in [-0.39, 0.29) is 5.78 Å². The molecule has 0 bridgehead atoms. The van der Waals surface area contributed by atoms with Crippen molar-refractivity contribution in [2.45, 2.75) is 6.42 Å². The molecule has 0 aliphatic heterocycles. The van der Waals surface area contributed by atoms with Gasteiger partial charge in [0.15, 0.2) is 5.78 Å². The second-order valence-electron chi connectivity index (χ2n) is 3.19. The van der Waals surface area contributed by atoms with E-state index in [1.807, 2.05) is 29.3 Å². The van der Waals surface area contributed by atoms with Crippen LogP contribution < -0.4 is 0 Å². The fourth-order valence-corrected chi connectivity index (χ4v) is 2.62. The lowest BCUT2D eigenvalue weighted by atomic mass is 10.1. The Labute approximate surface area is 105 Å². The monoisotopic (exact) mass is 332 g/mol. The lowest BCUT2D eigenvalue weighted by Crippen LogP contribution is -2.07. The molecule has 0 atom stereocenters. The molecule has 2 rings (SSSR count). The summed E-state index contributed by atoms with van der Waals surface area (Å²) in [5, 5.41) is 1.90. The maximum atomic E-state index is 11.8. The number of aryl methyl sites for hydroxylation is 1. The molecule has 0 aliphatic carbocycles. The molecule has 0 N–H and O–H groups in total. The predicted molar refractivity (Wildman–Crippen MR) is 68.3 cm³/mol. The van der Waals surface area contributed by atoms with Gasteiger partial charge in [0.2, 0.25) is 0 Å². The molecule has 15 heavy (non-hydrogen) atoms. The Morgan fingerprint density at radius 1 is 1.67 bits per heavy atom. The van der Waals surface area contributed by atoms with E-state index >= 15 is 0 Å². The van der Waals surface area contributed by atoms with Crippen LogP contribution in [0.15, 0.2) is 23.8 Å². The van der Waals surface area contributed by atoms with Crippen molar-refractivity contribution >= 4 is 39.7 Å². The van der Waals surface area contributed by atoms with Crippen molar-refractivity contribution in [3.8, 4) is 0 Å². The van der Waals surface area contributed by atoms with Crippen LogP contribution in [-0.4, -0.2) is 15.3 Å². The topological polar surface area (TPSA) is 34.9 Å². The third kappa shape index (κ3) is 2.46. The molecule has 0 fully saturated rings. The first-order valence-corrected chi connectivity index (χ1v) is 6.36. The summed E-state index contributed by atoms with van der Waals surface area (Å²) in [6, 6.07) is 1.91. The van der Waals surface area contributed by atoms with Gasteiger partial charge in [0.1, 0.15) is 5.82 Å². The van der Waals surface area contributed by atoms with Gasteiger partial charge in [0, 0.05) is 30.4 Å². The lowest BCUT2D eigenvalue weighted by Gasteiger charge is -1.99. The fraction of sp³-hybridized carbons (Fsp3) is 0.200. The number of thiophene rings is 1. The van der Waals surface area contributed by atoms with Crippen LogP contribution in [0.4, 0.5) is 0 Å². The number of nitrogens with zero attached hydrogens (tertiary/aromatic N) is 2. The highest BCUT2D eigenvalue weighted by atomic mass is 127. The van der Waals surface area contributed by atoms with Crippen molar-refractivity contribution in [1.29, 1.82) is 0 Å². The van der Waals surface area contributed by atoms with Gasteiger partial charge in [-0.25, -0.2) is 4.98 Å². The summed E-state index contributed by atoms with van der Waals surface area (Å²) in [4.78, 5) is 16.0. The second kappa shape index (κ2) is 4.44. The zero-order valence-electron chi connectivity index (χ0n) is 8.11. The number of ketones is 1. The first kappa shape index (κ1) is 10.8. The molecule has 2 aromatic rings. The lowest BCUT2D eigenvalue weighted by molar-refractivity contribution is 0.0990. The van der Waals surface area contributed by atoms with E-state index < -0.39 is 0 Å².